The first-order chi connectivity index (χ1) is 9.82. The van der Waals surface area contributed by atoms with Crippen LogP contribution in [0.5, 0.6) is 5.88 Å². The molecule has 0 unspecified atom stereocenters. The van der Waals surface area contributed by atoms with Gasteiger partial charge in [-0.2, -0.15) is 9.37 Å². The van der Waals surface area contributed by atoms with E-state index in [1.165, 1.54) is 6.33 Å². The molecule has 2 rings (SSSR count). The maximum atomic E-state index is 14.0. The van der Waals surface area contributed by atoms with E-state index in [0.717, 1.165) is 0 Å². The maximum Gasteiger partial charge on any atom is 0.254 e. The molecular weight excluding hydrogens is 273 g/mol. The Balaban J connectivity index is 2.02. The third kappa shape index (κ3) is 3.49. The van der Waals surface area contributed by atoms with Crippen molar-refractivity contribution in [2.24, 2.45) is 5.41 Å². The van der Waals surface area contributed by atoms with Gasteiger partial charge in [-0.25, -0.2) is 4.98 Å². The van der Waals surface area contributed by atoms with Crippen LogP contribution >= 0.6 is 0 Å². The van der Waals surface area contributed by atoms with Gasteiger partial charge in [-0.1, -0.05) is 27.7 Å². The van der Waals surface area contributed by atoms with E-state index in [4.69, 9.17) is 4.74 Å². The number of ether oxygens (including phenoxy) is 1. The van der Waals surface area contributed by atoms with Crippen molar-refractivity contribution in [2.75, 3.05) is 13.1 Å². The SMILES string of the molecule is CCc1ncnc(O[C@@H]2CCN(C(=O)C(C)(C)C)C2)c1F. The molecule has 21 heavy (non-hydrogen) atoms. The Morgan fingerprint density at radius 1 is 1.48 bits per heavy atom. The van der Waals surface area contributed by atoms with Crippen LogP contribution in [0, 0.1) is 11.2 Å². The average molecular weight is 295 g/mol. The van der Waals surface area contributed by atoms with Gasteiger partial charge in [-0.15, -0.1) is 0 Å². The van der Waals surface area contributed by atoms with Crippen LogP contribution < -0.4 is 4.74 Å². The Morgan fingerprint density at radius 2 is 2.19 bits per heavy atom. The molecular formula is C15H22FN3O2. The van der Waals surface area contributed by atoms with Gasteiger partial charge in [0.1, 0.15) is 12.4 Å². The molecule has 2 heterocycles. The second-order valence-electron chi connectivity index (χ2n) is 6.32. The van der Waals surface area contributed by atoms with Gasteiger partial charge >= 0.3 is 0 Å². The predicted octanol–water partition coefficient (Wildman–Crippen LogP) is 2.20. The number of nitrogens with zero attached hydrogens (tertiary/aromatic N) is 3. The third-order valence-electron chi connectivity index (χ3n) is 3.52. The van der Waals surface area contributed by atoms with Crippen molar-refractivity contribution in [1.29, 1.82) is 0 Å². The van der Waals surface area contributed by atoms with Gasteiger partial charge in [0, 0.05) is 18.4 Å². The summed E-state index contributed by atoms with van der Waals surface area (Å²) in [5, 5.41) is 0. The quantitative estimate of drug-likeness (QED) is 0.858. The lowest BCUT2D eigenvalue weighted by Crippen LogP contribution is -2.38. The summed E-state index contributed by atoms with van der Waals surface area (Å²) in [5.74, 6) is -0.427. The zero-order valence-corrected chi connectivity index (χ0v) is 13.0. The van der Waals surface area contributed by atoms with Crippen LogP contribution in [0.1, 0.15) is 39.8 Å². The van der Waals surface area contributed by atoms with Gasteiger partial charge < -0.3 is 9.64 Å². The van der Waals surface area contributed by atoms with Gasteiger partial charge in [0.25, 0.3) is 5.88 Å². The molecule has 1 aliphatic rings. The Labute approximate surface area is 124 Å². The summed E-state index contributed by atoms with van der Waals surface area (Å²) in [6.45, 7) is 8.60. The minimum absolute atomic E-state index is 0.0168. The van der Waals surface area contributed by atoms with E-state index >= 15 is 0 Å². The van der Waals surface area contributed by atoms with Crippen molar-refractivity contribution in [2.45, 2.75) is 46.6 Å². The molecule has 1 fully saturated rings. The zero-order valence-electron chi connectivity index (χ0n) is 13.0. The summed E-state index contributed by atoms with van der Waals surface area (Å²) in [5.41, 5.74) is -0.0645. The van der Waals surface area contributed by atoms with Crippen LogP contribution in [0.25, 0.3) is 0 Å². The van der Waals surface area contributed by atoms with E-state index in [2.05, 4.69) is 9.97 Å². The van der Waals surface area contributed by atoms with Gasteiger partial charge in [0.2, 0.25) is 11.7 Å². The molecule has 1 saturated heterocycles. The Morgan fingerprint density at radius 3 is 2.81 bits per heavy atom. The van der Waals surface area contributed by atoms with Crippen LogP contribution in [-0.4, -0.2) is 40.0 Å². The van der Waals surface area contributed by atoms with Gasteiger partial charge in [-0.05, 0) is 6.42 Å². The van der Waals surface area contributed by atoms with Crippen LogP contribution in [0.2, 0.25) is 0 Å². The molecule has 6 heteroatoms. The smallest absolute Gasteiger partial charge is 0.254 e. The highest BCUT2D eigenvalue weighted by atomic mass is 19.1. The summed E-state index contributed by atoms with van der Waals surface area (Å²) in [6, 6.07) is 0. The number of hydrogen-bond acceptors (Lipinski definition) is 4. The second-order valence-corrected chi connectivity index (χ2v) is 6.32. The minimum atomic E-state index is -0.499. The molecule has 1 atom stereocenters. The van der Waals surface area contributed by atoms with Crippen molar-refractivity contribution in [3.63, 3.8) is 0 Å². The fourth-order valence-corrected chi connectivity index (χ4v) is 2.36. The van der Waals surface area contributed by atoms with Crippen LogP contribution in [0.15, 0.2) is 6.33 Å². The first kappa shape index (κ1) is 15.7. The molecule has 1 aromatic rings. The molecule has 5 nitrogen and oxygen atoms in total. The lowest BCUT2D eigenvalue weighted by Gasteiger charge is -2.25. The van der Waals surface area contributed by atoms with E-state index in [9.17, 15) is 9.18 Å². The highest BCUT2D eigenvalue weighted by molar-refractivity contribution is 5.81. The highest BCUT2D eigenvalue weighted by Crippen LogP contribution is 2.24. The molecule has 1 aliphatic heterocycles. The molecule has 0 aliphatic carbocycles. The van der Waals surface area contributed by atoms with E-state index in [-0.39, 0.29) is 17.9 Å². The molecule has 1 aromatic heterocycles. The Bertz CT molecular complexity index is 528. The first-order valence-electron chi connectivity index (χ1n) is 7.28. The number of likely N-dealkylation sites (tertiary alicyclic amines) is 1. The largest absolute Gasteiger partial charge is 0.470 e. The van der Waals surface area contributed by atoms with Crippen molar-refractivity contribution in [3.8, 4) is 5.88 Å². The first-order valence-corrected chi connectivity index (χ1v) is 7.28. The fraction of sp³-hybridized carbons (Fsp3) is 0.667. The molecule has 1 amide bonds. The molecule has 0 spiro atoms. The number of aromatic nitrogens is 2. The zero-order chi connectivity index (χ0) is 15.6. The normalized spacial score (nSPS) is 18.9. The molecule has 0 bridgehead atoms. The number of rotatable bonds is 3. The van der Waals surface area contributed by atoms with Crippen molar-refractivity contribution < 1.29 is 13.9 Å². The van der Waals surface area contributed by atoms with E-state index < -0.39 is 11.2 Å². The summed E-state index contributed by atoms with van der Waals surface area (Å²) in [7, 11) is 0. The Kier molecular flexibility index (Phi) is 4.44. The summed E-state index contributed by atoms with van der Waals surface area (Å²) >= 11 is 0. The summed E-state index contributed by atoms with van der Waals surface area (Å²) in [6.07, 6.45) is 2.27. The topological polar surface area (TPSA) is 55.3 Å². The summed E-state index contributed by atoms with van der Waals surface area (Å²) in [4.78, 5) is 21.7. The lowest BCUT2D eigenvalue weighted by atomic mass is 9.95. The van der Waals surface area contributed by atoms with Gasteiger partial charge in [0.05, 0.1) is 12.2 Å². The monoisotopic (exact) mass is 295 g/mol. The molecule has 116 valence electrons. The standard InChI is InChI=1S/C15H22FN3O2/c1-5-11-12(16)13(18-9-17-11)21-10-6-7-19(8-10)14(20)15(2,3)4/h9-10H,5-8H2,1-4H3/t10-/m1/s1. The highest BCUT2D eigenvalue weighted by Gasteiger charge is 2.34. The number of hydrogen-bond donors (Lipinski definition) is 0. The predicted molar refractivity (Wildman–Crippen MR) is 76.4 cm³/mol. The third-order valence-corrected chi connectivity index (χ3v) is 3.52. The second kappa shape index (κ2) is 5.95. The fourth-order valence-electron chi connectivity index (χ4n) is 2.36. The number of aryl methyl sites for hydroxylation is 1. The summed E-state index contributed by atoms with van der Waals surface area (Å²) < 4.78 is 19.7. The lowest BCUT2D eigenvalue weighted by molar-refractivity contribution is -0.138. The van der Waals surface area contributed by atoms with Crippen molar-refractivity contribution in [3.05, 3.63) is 17.8 Å². The maximum absolute atomic E-state index is 14.0. The number of halogens is 1. The average Bonchev–Trinajstić information content (AvgIpc) is 2.87. The van der Waals surface area contributed by atoms with Crippen molar-refractivity contribution >= 4 is 5.91 Å². The van der Waals surface area contributed by atoms with E-state index in [1.54, 1.807) is 4.90 Å². The molecule has 0 saturated carbocycles. The van der Waals surface area contributed by atoms with Gasteiger partial charge in [-0.3, -0.25) is 4.79 Å². The Hall–Kier alpha value is -1.72. The van der Waals surface area contributed by atoms with Gasteiger partial charge in [0.15, 0.2) is 0 Å². The van der Waals surface area contributed by atoms with E-state index in [1.807, 2.05) is 27.7 Å². The van der Waals surface area contributed by atoms with Crippen molar-refractivity contribution in [1.82, 2.24) is 14.9 Å². The minimum Gasteiger partial charge on any atom is -0.470 e. The molecule has 0 N–H and O–H groups in total. The number of amides is 1. The molecule has 0 radical (unpaired) electrons. The van der Waals surface area contributed by atoms with E-state index in [0.29, 0.717) is 31.6 Å². The van der Waals surface area contributed by atoms with Crippen LogP contribution in [-0.2, 0) is 11.2 Å². The number of carbonyl (C=O) groups is 1. The van der Waals surface area contributed by atoms with Crippen LogP contribution in [0.4, 0.5) is 4.39 Å². The van der Waals surface area contributed by atoms with Crippen LogP contribution in [0.3, 0.4) is 0 Å². The molecule has 0 aromatic carbocycles. The number of carbonyl (C=O) groups excluding carboxylic acids is 1.